The highest BCUT2D eigenvalue weighted by atomic mass is 32.1. The van der Waals surface area contributed by atoms with Crippen LogP contribution in [-0.2, 0) is 11.8 Å². The number of thiazole rings is 1. The van der Waals surface area contributed by atoms with E-state index < -0.39 is 17.5 Å². The average Bonchev–Trinajstić information content (AvgIpc) is 3.10. The number of nitrogens with zero attached hydrogens (tertiary/aromatic N) is 3. The minimum Gasteiger partial charge on any atom is -0.324 e. The summed E-state index contributed by atoms with van der Waals surface area (Å²) in [6.07, 6.45) is -0.00882. The highest BCUT2D eigenvalue weighted by Gasteiger charge is 2.41. The third-order valence-corrected chi connectivity index (χ3v) is 5.61. The first kappa shape index (κ1) is 17.8. The molecule has 0 saturated heterocycles. The van der Waals surface area contributed by atoms with E-state index in [1.165, 1.54) is 11.3 Å². The first-order valence-corrected chi connectivity index (χ1v) is 9.08. The second-order valence-electron chi connectivity index (χ2n) is 6.32. The van der Waals surface area contributed by atoms with Crippen LogP contribution in [0, 0.1) is 0 Å². The molecule has 0 aliphatic heterocycles. The maximum absolute atomic E-state index is 14.5. The van der Waals surface area contributed by atoms with Crippen molar-refractivity contribution in [3.05, 3.63) is 53.4 Å². The van der Waals surface area contributed by atoms with Crippen LogP contribution in [0.15, 0.2) is 42.7 Å². The molecule has 4 nitrogen and oxygen atoms in total. The summed E-state index contributed by atoms with van der Waals surface area (Å²) in [6, 6.07) is 7.83. The van der Waals surface area contributed by atoms with Gasteiger partial charge in [-0.1, -0.05) is 12.1 Å². The fraction of sp³-hybridized carbons (Fsp3) is 0.278. The number of rotatable bonds is 4. The van der Waals surface area contributed by atoms with Crippen molar-refractivity contribution in [1.82, 2.24) is 15.0 Å². The third kappa shape index (κ3) is 3.64. The quantitative estimate of drug-likeness (QED) is 0.576. The van der Waals surface area contributed by atoms with E-state index in [-0.39, 0.29) is 5.95 Å². The molecule has 2 aromatic heterocycles. The SMILES string of the molecule is FC(F)(F)c1ccnc(Nc2cccc(-c3cnc(C4(F)CCC4)s3)c2)n1. The Morgan fingerprint density at radius 1 is 1.11 bits per heavy atom. The fourth-order valence-electron chi connectivity index (χ4n) is 2.77. The van der Waals surface area contributed by atoms with Crippen LogP contribution in [0.5, 0.6) is 0 Å². The summed E-state index contributed by atoms with van der Waals surface area (Å²) < 4.78 is 52.8. The van der Waals surface area contributed by atoms with Crippen molar-refractivity contribution in [1.29, 1.82) is 0 Å². The van der Waals surface area contributed by atoms with E-state index in [9.17, 15) is 17.6 Å². The van der Waals surface area contributed by atoms with Gasteiger partial charge < -0.3 is 5.32 Å². The number of hydrogen-bond acceptors (Lipinski definition) is 5. The van der Waals surface area contributed by atoms with Gasteiger partial charge >= 0.3 is 6.18 Å². The molecule has 3 aromatic rings. The van der Waals surface area contributed by atoms with Crippen LogP contribution < -0.4 is 5.32 Å². The number of nitrogens with one attached hydrogen (secondary N) is 1. The highest BCUT2D eigenvalue weighted by molar-refractivity contribution is 7.15. The zero-order valence-corrected chi connectivity index (χ0v) is 14.7. The maximum Gasteiger partial charge on any atom is 0.433 e. The number of alkyl halides is 4. The van der Waals surface area contributed by atoms with E-state index >= 15 is 0 Å². The van der Waals surface area contributed by atoms with E-state index in [0.29, 0.717) is 23.5 Å². The molecule has 0 atom stereocenters. The summed E-state index contributed by atoms with van der Waals surface area (Å²) in [7, 11) is 0. The topological polar surface area (TPSA) is 50.7 Å². The minimum atomic E-state index is -4.54. The third-order valence-electron chi connectivity index (χ3n) is 4.38. The van der Waals surface area contributed by atoms with Crippen molar-refractivity contribution in [2.45, 2.75) is 31.1 Å². The summed E-state index contributed by atoms with van der Waals surface area (Å²) in [4.78, 5) is 12.3. The Morgan fingerprint density at radius 2 is 1.93 bits per heavy atom. The van der Waals surface area contributed by atoms with Gasteiger partial charge in [-0.3, -0.25) is 0 Å². The van der Waals surface area contributed by atoms with Crippen molar-refractivity contribution in [3.63, 3.8) is 0 Å². The molecule has 4 rings (SSSR count). The zero-order valence-electron chi connectivity index (χ0n) is 13.9. The number of anilines is 2. The maximum atomic E-state index is 14.5. The summed E-state index contributed by atoms with van der Waals surface area (Å²) in [5.41, 5.74) is -1.01. The van der Waals surface area contributed by atoms with Gasteiger partial charge in [0.15, 0.2) is 5.67 Å². The summed E-state index contributed by atoms with van der Waals surface area (Å²) in [5.74, 6) is -0.149. The molecular weight excluding hydrogens is 380 g/mol. The lowest BCUT2D eigenvalue weighted by Crippen LogP contribution is -2.28. The molecule has 1 aliphatic carbocycles. The molecule has 0 spiro atoms. The van der Waals surface area contributed by atoms with Gasteiger partial charge in [0.1, 0.15) is 10.7 Å². The number of halogens is 4. The average molecular weight is 394 g/mol. The predicted octanol–water partition coefficient (Wildman–Crippen LogP) is 5.71. The Balaban J connectivity index is 1.57. The van der Waals surface area contributed by atoms with Crippen molar-refractivity contribution >= 4 is 23.0 Å². The Morgan fingerprint density at radius 3 is 2.63 bits per heavy atom. The Kier molecular flexibility index (Phi) is 4.33. The smallest absolute Gasteiger partial charge is 0.324 e. The van der Waals surface area contributed by atoms with Crippen molar-refractivity contribution in [3.8, 4) is 10.4 Å². The normalized spacial score (nSPS) is 16.0. The molecule has 1 aromatic carbocycles. The predicted molar refractivity (Wildman–Crippen MR) is 94.5 cm³/mol. The van der Waals surface area contributed by atoms with Gasteiger partial charge in [-0.05, 0) is 43.0 Å². The van der Waals surface area contributed by atoms with Gasteiger partial charge in [-0.15, -0.1) is 11.3 Å². The second-order valence-corrected chi connectivity index (χ2v) is 7.35. The van der Waals surface area contributed by atoms with Gasteiger partial charge in [-0.2, -0.15) is 13.2 Å². The molecule has 1 fully saturated rings. The minimum absolute atomic E-state index is 0.149. The Hall–Kier alpha value is -2.55. The standard InChI is InChI=1S/C18H14F4N4S/c19-17(6-2-7-17)15-24-10-13(27-15)11-3-1-4-12(9-11)25-16-23-8-5-14(26-16)18(20,21)22/h1,3-5,8-10H,2,6-7H2,(H,23,25,26). The number of aromatic nitrogens is 3. The van der Waals surface area contributed by atoms with Crippen molar-refractivity contribution in [2.75, 3.05) is 5.32 Å². The van der Waals surface area contributed by atoms with E-state index in [0.717, 1.165) is 29.1 Å². The Labute approximate surface area is 156 Å². The lowest BCUT2D eigenvalue weighted by Gasteiger charge is -2.31. The van der Waals surface area contributed by atoms with E-state index in [2.05, 4.69) is 20.3 Å². The summed E-state index contributed by atoms with van der Waals surface area (Å²) in [5, 5.41) is 3.25. The molecule has 0 bridgehead atoms. The number of hydrogen-bond donors (Lipinski definition) is 1. The van der Waals surface area contributed by atoms with Crippen molar-refractivity contribution < 1.29 is 17.6 Å². The highest BCUT2D eigenvalue weighted by Crippen LogP contribution is 2.47. The van der Waals surface area contributed by atoms with Crippen LogP contribution in [0.3, 0.4) is 0 Å². The number of benzene rings is 1. The van der Waals surface area contributed by atoms with E-state index in [1.54, 1.807) is 24.4 Å². The molecule has 0 radical (unpaired) electrons. The molecule has 0 unspecified atom stereocenters. The van der Waals surface area contributed by atoms with Crippen LogP contribution >= 0.6 is 11.3 Å². The molecule has 1 saturated carbocycles. The van der Waals surface area contributed by atoms with E-state index in [1.807, 2.05) is 6.07 Å². The molecule has 1 N–H and O–H groups in total. The van der Waals surface area contributed by atoms with Crippen LogP contribution in [0.1, 0.15) is 30.0 Å². The zero-order chi connectivity index (χ0) is 19.1. The second kappa shape index (κ2) is 6.56. The van der Waals surface area contributed by atoms with Gasteiger partial charge in [0.25, 0.3) is 0 Å². The van der Waals surface area contributed by atoms with Crippen LogP contribution in [0.4, 0.5) is 29.2 Å². The van der Waals surface area contributed by atoms with Gasteiger partial charge in [0.05, 0.1) is 4.88 Å². The van der Waals surface area contributed by atoms with Gasteiger partial charge in [-0.25, -0.2) is 19.3 Å². The molecule has 2 heterocycles. The molecule has 1 aliphatic rings. The van der Waals surface area contributed by atoms with Crippen LogP contribution in [-0.4, -0.2) is 15.0 Å². The monoisotopic (exact) mass is 394 g/mol. The van der Waals surface area contributed by atoms with Crippen LogP contribution in [0.2, 0.25) is 0 Å². The first-order valence-electron chi connectivity index (χ1n) is 8.26. The molecule has 140 valence electrons. The lowest BCUT2D eigenvalue weighted by molar-refractivity contribution is -0.141. The fourth-order valence-corrected chi connectivity index (χ4v) is 3.82. The van der Waals surface area contributed by atoms with Gasteiger partial charge in [0.2, 0.25) is 5.95 Å². The Bertz CT molecular complexity index is 966. The molecule has 0 amide bonds. The first-order chi connectivity index (χ1) is 12.8. The summed E-state index contributed by atoms with van der Waals surface area (Å²) >= 11 is 1.30. The summed E-state index contributed by atoms with van der Waals surface area (Å²) in [6.45, 7) is 0. The van der Waals surface area contributed by atoms with E-state index in [4.69, 9.17) is 0 Å². The van der Waals surface area contributed by atoms with Crippen molar-refractivity contribution in [2.24, 2.45) is 0 Å². The van der Waals surface area contributed by atoms with Gasteiger partial charge in [0, 0.05) is 18.1 Å². The molecule has 9 heteroatoms. The van der Waals surface area contributed by atoms with Crippen LogP contribution in [0.25, 0.3) is 10.4 Å². The lowest BCUT2D eigenvalue weighted by atomic mass is 9.83. The molecule has 27 heavy (non-hydrogen) atoms. The largest absolute Gasteiger partial charge is 0.433 e. The molecular formula is C18H14F4N4S.